The van der Waals surface area contributed by atoms with Gasteiger partial charge in [0.1, 0.15) is 11.2 Å². The van der Waals surface area contributed by atoms with E-state index in [4.69, 9.17) is 9.73 Å². The molecule has 1 aliphatic heterocycles. The van der Waals surface area contributed by atoms with Gasteiger partial charge in [0.2, 0.25) is 0 Å². The molecule has 0 radical (unpaired) electrons. The molecule has 2 N–H and O–H groups in total. The molecular formula is C49H36N3O-. The number of hydrogen-bond acceptors (Lipinski definition) is 3. The van der Waals surface area contributed by atoms with E-state index in [2.05, 4.69) is 199 Å². The second kappa shape index (κ2) is 13.4. The molecule has 0 bridgehead atoms. The number of rotatable bonds is 6. The lowest BCUT2D eigenvalue weighted by atomic mass is 9.89. The van der Waals surface area contributed by atoms with Crippen LogP contribution in [0.4, 0.5) is 0 Å². The number of furan rings is 1. The predicted octanol–water partition coefficient (Wildman–Crippen LogP) is 12.7. The van der Waals surface area contributed by atoms with Crippen molar-refractivity contribution in [1.29, 1.82) is 0 Å². The summed E-state index contributed by atoms with van der Waals surface area (Å²) in [6, 6.07) is 66.6. The van der Waals surface area contributed by atoms with Crippen LogP contribution in [0.2, 0.25) is 0 Å². The fourth-order valence-corrected chi connectivity index (χ4v) is 7.97. The van der Waals surface area contributed by atoms with Crippen molar-refractivity contribution in [3.63, 3.8) is 0 Å². The van der Waals surface area contributed by atoms with E-state index in [1.54, 1.807) is 0 Å². The Morgan fingerprint density at radius 1 is 0.396 bits per heavy atom. The van der Waals surface area contributed by atoms with Crippen LogP contribution < -0.4 is 10.6 Å². The van der Waals surface area contributed by atoms with E-state index in [1.165, 1.54) is 10.8 Å². The van der Waals surface area contributed by atoms with Gasteiger partial charge in [-0.25, -0.2) is 0 Å². The molecule has 53 heavy (non-hydrogen) atoms. The Bertz CT molecular complexity index is 2670. The molecule has 2 unspecified atom stereocenters. The first-order chi connectivity index (χ1) is 26.3. The first-order valence-electron chi connectivity index (χ1n) is 18.2. The van der Waals surface area contributed by atoms with Gasteiger partial charge in [0, 0.05) is 21.9 Å². The quantitative estimate of drug-likeness (QED) is 0.184. The second-order valence-electron chi connectivity index (χ2n) is 13.7. The summed E-state index contributed by atoms with van der Waals surface area (Å²) >= 11 is 0. The molecule has 4 heteroatoms. The standard InChI is InChI=1S/C49H36N3O/c1-4-15-33(16-5-1)40-26-14-28-42-43-30-29-39(44(46(43)53-45(40)42)41-27-13-22-32-17-10-11-25-38(32)41)36-23-12-24-37(31-36)49-51-47(34-18-6-2-7-19-34)50-48(52-49)35-20-8-3-9-21-35/h1-31,47-49,51-52H/q-1. The molecule has 0 spiro atoms. The Labute approximate surface area is 308 Å². The Morgan fingerprint density at radius 3 is 1.70 bits per heavy atom. The molecule has 254 valence electrons. The summed E-state index contributed by atoms with van der Waals surface area (Å²) < 4.78 is 7.07. The molecule has 1 saturated heterocycles. The van der Waals surface area contributed by atoms with E-state index in [-0.39, 0.29) is 18.5 Å². The lowest BCUT2D eigenvalue weighted by molar-refractivity contribution is 0.316. The summed E-state index contributed by atoms with van der Waals surface area (Å²) in [6.07, 6.45) is -0.492. The molecule has 0 amide bonds. The summed E-state index contributed by atoms with van der Waals surface area (Å²) in [4.78, 5) is 0. The molecule has 1 fully saturated rings. The van der Waals surface area contributed by atoms with Gasteiger partial charge in [-0.3, -0.25) is 0 Å². The summed E-state index contributed by atoms with van der Waals surface area (Å²) in [5, 5.41) is 17.4. The number of nitrogens with one attached hydrogen (secondary N) is 2. The maximum absolute atomic E-state index is 7.07. The van der Waals surface area contributed by atoms with Gasteiger partial charge in [0.25, 0.3) is 0 Å². The highest BCUT2D eigenvalue weighted by molar-refractivity contribution is 6.17. The van der Waals surface area contributed by atoms with Gasteiger partial charge in [-0.15, -0.1) is 0 Å². The van der Waals surface area contributed by atoms with Crippen molar-refractivity contribution in [2.24, 2.45) is 0 Å². The van der Waals surface area contributed by atoms with Crippen molar-refractivity contribution < 1.29 is 4.42 Å². The third kappa shape index (κ3) is 5.70. The minimum atomic E-state index is -0.173. The summed E-state index contributed by atoms with van der Waals surface area (Å²) in [5.41, 5.74) is 11.9. The zero-order chi connectivity index (χ0) is 35.1. The van der Waals surface area contributed by atoms with Crippen molar-refractivity contribution in [2.45, 2.75) is 18.5 Å². The molecule has 1 aliphatic rings. The zero-order valence-electron chi connectivity index (χ0n) is 29.0. The summed E-state index contributed by atoms with van der Waals surface area (Å²) in [6.45, 7) is 0. The Balaban J connectivity index is 1.15. The van der Waals surface area contributed by atoms with Crippen molar-refractivity contribution in [2.75, 3.05) is 0 Å². The molecule has 10 rings (SSSR count). The van der Waals surface area contributed by atoms with Crippen molar-refractivity contribution >= 4 is 32.7 Å². The number of para-hydroxylation sites is 1. The zero-order valence-corrected chi connectivity index (χ0v) is 29.0. The highest BCUT2D eigenvalue weighted by Gasteiger charge is 2.24. The Morgan fingerprint density at radius 2 is 0.943 bits per heavy atom. The first-order valence-corrected chi connectivity index (χ1v) is 18.2. The maximum atomic E-state index is 7.07. The van der Waals surface area contributed by atoms with Crippen LogP contribution >= 0.6 is 0 Å². The van der Waals surface area contributed by atoms with E-state index in [9.17, 15) is 0 Å². The van der Waals surface area contributed by atoms with Gasteiger partial charge < -0.3 is 20.4 Å². The van der Waals surface area contributed by atoms with Crippen LogP contribution in [-0.2, 0) is 0 Å². The average Bonchev–Trinajstić information content (AvgIpc) is 3.63. The number of fused-ring (bicyclic) bond motifs is 4. The Kier molecular flexibility index (Phi) is 7.92. The molecule has 0 aliphatic carbocycles. The molecule has 1 aromatic heterocycles. The number of nitrogens with zero attached hydrogens (tertiary/aromatic N) is 1. The predicted molar refractivity (Wildman–Crippen MR) is 218 cm³/mol. The molecule has 2 heterocycles. The van der Waals surface area contributed by atoms with Gasteiger partial charge in [0.05, 0.1) is 6.17 Å². The van der Waals surface area contributed by atoms with Crippen LogP contribution in [-0.4, -0.2) is 0 Å². The summed E-state index contributed by atoms with van der Waals surface area (Å²) in [7, 11) is 0. The highest BCUT2D eigenvalue weighted by Crippen LogP contribution is 2.46. The first kappa shape index (κ1) is 31.4. The van der Waals surface area contributed by atoms with Crippen LogP contribution in [0.5, 0.6) is 0 Å². The second-order valence-corrected chi connectivity index (χ2v) is 13.7. The van der Waals surface area contributed by atoms with Gasteiger partial charge in [-0.2, -0.15) is 0 Å². The molecule has 0 saturated carbocycles. The van der Waals surface area contributed by atoms with E-state index in [1.807, 2.05) is 0 Å². The van der Waals surface area contributed by atoms with Gasteiger partial charge in [0.15, 0.2) is 0 Å². The fraction of sp³-hybridized carbons (Fsp3) is 0.0612. The lowest BCUT2D eigenvalue weighted by Crippen LogP contribution is -2.44. The third-order valence-electron chi connectivity index (χ3n) is 10.5. The van der Waals surface area contributed by atoms with Crippen molar-refractivity contribution in [3.8, 4) is 33.4 Å². The summed E-state index contributed by atoms with van der Waals surface area (Å²) in [5.74, 6) is 0. The van der Waals surface area contributed by atoms with Gasteiger partial charge in [-0.05, 0) is 50.7 Å². The van der Waals surface area contributed by atoms with E-state index >= 15 is 0 Å². The van der Waals surface area contributed by atoms with Crippen molar-refractivity contribution in [3.05, 3.63) is 210 Å². The van der Waals surface area contributed by atoms with E-state index in [0.29, 0.717) is 0 Å². The van der Waals surface area contributed by atoms with Crippen LogP contribution in [0.15, 0.2) is 192 Å². The minimum Gasteiger partial charge on any atom is -0.624 e. The minimum absolute atomic E-state index is 0.146. The SMILES string of the molecule is c1ccc(-c2cccc3c2oc2c(-c4cccc5ccccc45)c(-c4cccc(C5NC(c6ccccc6)[N-]C(c6ccccc6)N5)c4)ccc23)cc1. The highest BCUT2D eigenvalue weighted by atomic mass is 16.3. The average molecular weight is 683 g/mol. The largest absolute Gasteiger partial charge is 0.624 e. The molecule has 4 nitrogen and oxygen atoms in total. The van der Waals surface area contributed by atoms with Gasteiger partial charge >= 0.3 is 0 Å². The fourth-order valence-electron chi connectivity index (χ4n) is 7.97. The van der Waals surface area contributed by atoms with Crippen molar-refractivity contribution in [1.82, 2.24) is 10.6 Å². The van der Waals surface area contributed by atoms with Crippen LogP contribution in [0.25, 0.3) is 71.4 Å². The number of hydrogen-bond donors (Lipinski definition) is 2. The van der Waals surface area contributed by atoms with Crippen LogP contribution in [0, 0.1) is 0 Å². The molecule has 9 aromatic rings. The van der Waals surface area contributed by atoms with Gasteiger partial charge in [-0.1, -0.05) is 199 Å². The molecule has 2 atom stereocenters. The Hall–Kier alpha value is -6.30. The molecule has 8 aromatic carbocycles. The maximum Gasteiger partial charge on any atom is 0.143 e. The molecular weight excluding hydrogens is 647 g/mol. The van der Waals surface area contributed by atoms with E-state index < -0.39 is 0 Å². The lowest BCUT2D eigenvalue weighted by Gasteiger charge is -2.50. The van der Waals surface area contributed by atoms with Crippen LogP contribution in [0.3, 0.4) is 0 Å². The topological polar surface area (TPSA) is 51.3 Å². The van der Waals surface area contributed by atoms with Crippen LogP contribution in [0.1, 0.15) is 35.2 Å². The normalized spacial score (nSPS) is 17.4. The monoisotopic (exact) mass is 682 g/mol. The third-order valence-corrected chi connectivity index (χ3v) is 10.5. The number of benzene rings is 8. The smallest absolute Gasteiger partial charge is 0.143 e. The van der Waals surface area contributed by atoms with E-state index in [0.717, 1.165) is 72.0 Å².